The molecular formula is C10H6BrClN2. The van der Waals surface area contributed by atoms with Crippen LogP contribution in [0.5, 0.6) is 0 Å². The molecule has 1 aromatic heterocycles. The van der Waals surface area contributed by atoms with Crippen molar-refractivity contribution in [3.63, 3.8) is 0 Å². The van der Waals surface area contributed by atoms with Crippen molar-refractivity contribution in [1.82, 2.24) is 9.97 Å². The van der Waals surface area contributed by atoms with E-state index >= 15 is 0 Å². The first kappa shape index (κ1) is 7.37. The zero-order valence-corrected chi connectivity index (χ0v) is 9.30. The molecule has 1 aromatic carbocycles. The van der Waals surface area contributed by atoms with Crippen LogP contribution in [-0.2, 0) is 0 Å². The minimum atomic E-state index is -0.122. The van der Waals surface area contributed by atoms with Crippen molar-refractivity contribution in [3.05, 3.63) is 46.2 Å². The first-order chi connectivity index (χ1) is 7.59. The Morgan fingerprint density at radius 2 is 2.00 bits per heavy atom. The zero-order valence-electron chi connectivity index (χ0n) is 8.96. The van der Waals surface area contributed by atoms with E-state index < -0.39 is 0 Å². The summed E-state index contributed by atoms with van der Waals surface area (Å²) in [6.07, 6.45) is -0.156. The van der Waals surface area contributed by atoms with Gasteiger partial charge in [-0.25, -0.2) is 4.98 Å². The fourth-order valence-electron chi connectivity index (χ4n) is 1.03. The molecule has 0 saturated heterocycles. The van der Waals surface area contributed by atoms with Crippen LogP contribution in [0.15, 0.2) is 41.1 Å². The van der Waals surface area contributed by atoms with Gasteiger partial charge in [0.2, 0.25) is 0 Å². The molecule has 14 heavy (non-hydrogen) atoms. The van der Waals surface area contributed by atoms with Crippen molar-refractivity contribution < 1.29 is 2.74 Å². The molecule has 0 fully saturated rings. The maximum atomic E-state index is 7.68. The van der Waals surface area contributed by atoms with Crippen LogP contribution in [0.1, 0.15) is 2.74 Å². The van der Waals surface area contributed by atoms with Gasteiger partial charge in [0, 0.05) is 10.0 Å². The number of benzene rings is 1. The highest BCUT2D eigenvalue weighted by atomic mass is 79.9. The Hall–Kier alpha value is -0.930. The molecule has 0 atom stereocenters. The molecule has 0 unspecified atom stereocenters. The summed E-state index contributed by atoms with van der Waals surface area (Å²) < 4.78 is 16.0. The van der Waals surface area contributed by atoms with Gasteiger partial charge in [-0.1, -0.05) is 45.7 Å². The summed E-state index contributed by atoms with van der Waals surface area (Å²) in [5, 5.41) is -0.0548. The van der Waals surface area contributed by atoms with E-state index in [-0.39, 0.29) is 17.5 Å². The topological polar surface area (TPSA) is 25.8 Å². The van der Waals surface area contributed by atoms with Crippen LogP contribution < -0.4 is 0 Å². The summed E-state index contributed by atoms with van der Waals surface area (Å²) in [5.74, 6) is 0. The smallest absolute Gasteiger partial charge is 0.147 e. The van der Waals surface area contributed by atoms with E-state index in [2.05, 4.69) is 25.9 Å². The maximum absolute atomic E-state index is 7.68. The highest BCUT2D eigenvalue weighted by Gasteiger charge is 2.03. The molecule has 0 spiro atoms. The van der Waals surface area contributed by atoms with Gasteiger partial charge in [0.15, 0.2) is 0 Å². The van der Waals surface area contributed by atoms with E-state index in [9.17, 15) is 0 Å². The average molecular weight is 272 g/mol. The lowest BCUT2D eigenvalue weighted by Crippen LogP contribution is -1.86. The second-order valence-electron chi connectivity index (χ2n) is 2.57. The van der Waals surface area contributed by atoms with Gasteiger partial charge in [0.1, 0.15) is 5.15 Å². The fraction of sp³-hybridized carbons (Fsp3) is 0. The van der Waals surface area contributed by atoms with Crippen LogP contribution >= 0.6 is 27.5 Å². The molecule has 2 aromatic rings. The second kappa shape index (κ2) is 4.07. The quantitative estimate of drug-likeness (QED) is 0.792. The van der Waals surface area contributed by atoms with E-state index in [0.29, 0.717) is 5.69 Å². The number of aromatic nitrogens is 2. The van der Waals surface area contributed by atoms with Crippen molar-refractivity contribution in [2.24, 2.45) is 0 Å². The lowest BCUT2D eigenvalue weighted by molar-refractivity contribution is 1.20. The standard InChI is InChI=1S/C10H6BrClN2/c11-8-4-2-1-3-7(8)9-5-14-10(12)6-13-9/h1-6H/i5D,6D. The highest BCUT2D eigenvalue weighted by molar-refractivity contribution is 9.10. The summed E-state index contributed by atoms with van der Waals surface area (Å²) >= 11 is 8.99. The van der Waals surface area contributed by atoms with E-state index in [1.165, 1.54) is 0 Å². The maximum Gasteiger partial charge on any atom is 0.147 e. The summed E-state index contributed by atoms with van der Waals surface area (Å²) in [7, 11) is 0. The first-order valence-electron chi connectivity index (χ1n) is 4.85. The Morgan fingerprint density at radius 1 is 1.21 bits per heavy atom. The minimum absolute atomic E-state index is 0.0344. The highest BCUT2D eigenvalue weighted by Crippen LogP contribution is 2.25. The predicted octanol–water partition coefficient (Wildman–Crippen LogP) is 3.56. The molecule has 0 aliphatic heterocycles. The van der Waals surface area contributed by atoms with Gasteiger partial charge in [-0.3, -0.25) is 4.98 Å². The molecule has 1 heterocycles. The summed E-state index contributed by atoms with van der Waals surface area (Å²) in [6, 6.07) is 7.34. The molecule has 2 nitrogen and oxygen atoms in total. The number of hydrogen-bond donors (Lipinski definition) is 0. The third-order valence-corrected chi connectivity index (χ3v) is 2.51. The molecule has 4 heteroatoms. The molecule has 0 aliphatic rings. The van der Waals surface area contributed by atoms with Crippen molar-refractivity contribution in [3.8, 4) is 11.3 Å². The van der Waals surface area contributed by atoms with Crippen LogP contribution in [0.3, 0.4) is 0 Å². The van der Waals surface area contributed by atoms with Crippen molar-refractivity contribution >= 4 is 27.5 Å². The number of nitrogens with zero attached hydrogens (tertiary/aromatic N) is 2. The third kappa shape index (κ3) is 1.94. The number of halogens is 2. The van der Waals surface area contributed by atoms with Gasteiger partial charge in [-0.15, -0.1) is 0 Å². The van der Waals surface area contributed by atoms with Crippen LogP contribution in [0.25, 0.3) is 11.3 Å². The predicted molar refractivity (Wildman–Crippen MR) is 60.2 cm³/mol. The van der Waals surface area contributed by atoms with E-state index in [0.717, 1.165) is 10.0 Å². The fourth-order valence-corrected chi connectivity index (χ4v) is 1.58. The first-order valence-corrected chi connectivity index (χ1v) is 5.02. The van der Waals surface area contributed by atoms with E-state index in [4.69, 9.17) is 14.3 Å². The van der Waals surface area contributed by atoms with Gasteiger partial charge in [-0.05, 0) is 6.07 Å². The van der Waals surface area contributed by atoms with Crippen LogP contribution in [0.2, 0.25) is 5.15 Å². The number of rotatable bonds is 1. The zero-order chi connectivity index (χ0) is 11.7. The van der Waals surface area contributed by atoms with Crippen LogP contribution in [-0.4, -0.2) is 9.97 Å². The molecule has 2 rings (SSSR count). The lowest BCUT2D eigenvalue weighted by atomic mass is 10.2. The minimum Gasteiger partial charge on any atom is -0.251 e. The summed E-state index contributed by atoms with van der Waals surface area (Å²) in [4.78, 5) is 7.71. The Kier molecular flexibility index (Phi) is 2.14. The molecule has 70 valence electrons. The average Bonchev–Trinajstić information content (AvgIpc) is 2.25. The lowest BCUT2D eigenvalue weighted by Gasteiger charge is -2.02. The van der Waals surface area contributed by atoms with Gasteiger partial charge >= 0.3 is 0 Å². The molecule has 0 N–H and O–H groups in total. The second-order valence-corrected chi connectivity index (χ2v) is 3.78. The molecular weight excluding hydrogens is 263 g/mol. The molecule has 0 aliphatic carbocycles. The molecule has 0 bridgehead atoms. The van der Waals surface area contributed by atoms with Gasteiger partial charge < -0.3 is 0 Å². The van der Waals surface area contributed by atoms with Gasteiger partial charge in [0.25, 0.3) is 0 Å². The SMILES string of the molecule is [2H]c1nc(-c2ccccc2Br)c([2H])nc1Cl. The van der Waals surface area contributed by atoms with Crippen molar-refractivity contribution in [2.45, 2.75) is 0 Å². The van der Waals surface area contributed by atoms with Crippen LogP contribution in [0, 0.1) is 0 Å². The Labute approximate surface area is 97.9 Å². The summed E-state index contributed by atoms with van der Waals surface area (Å²) in [5.41, 5.74) is 1.08. The van der Waals surface area contributed by atoms with Crippen molar-refractivity contribution in [1.29, 1.82) is 0 Å². The number of hydrogen-bond acceptors (Lipinski definition) is 2. The summed E-state index contributed by atoms with van der Waals surface area (Å²) in [6.45, 7) is 0. The largest absolute Gasteiger partial charge is 0.251 e. The normalized spacial score (nSPS) is 12.1. The Balaban J connectivity index is 2.65. The van der Waals surface area contributed by atoms with Gasteiger partial charge in [0.05, 0.1) is 20.8 Å². The molecule has 0 amide bonds. The monoisotopic (exact) mass is 270 g/mol. The van der Waals surface area contributed by atoms with E-state index in [1.54, 1.807) is 6.07 Å². The molecule has 0 saturated carbocycles. The molecule has 0 radical (unpaired) electrons. The van der Waals surface area contributed by atoms with E-state index in [1.807, 2.05) is 18.2 Å². The Bertz CT molecular complexity index is 548. The third-order valence-electron chi connectivity index (χ3n) is 1.65. The van der Waals surface area contributed by atoms with Crippen molar-refractivity contribution in [2.75, 3.05) is 0 Å². The van der Waals surface area contributed by atoms with Crippen LogP contribution in [0.4, 0.5) is 0 Å². The Morgan fingerprint density at radius 3 is 2.79 bits per heavy atom. The van der Waals surface area contributed by atoms with Gasteiger partial charge in [-0.2, -0.15) is 0 Å².